The molecule has 0 saturated heterocycles. The number of halogens is 3. The van der Waals surface area contributed by atoms with Gasteiger partial charge in [0.25, 0.3) is 0 Å². The molecule has 0 bridgehead atoms. The van der Waals surface area contributed by atoms with Gasteiger partial charge in [0.1, 0.15) is 17.3 Å². The Kier molecular flexibility index (Phi) is 8.60. The van der Waals surface area contributed by atoms with Crippen molar-refractivity contribution in [3.05, 3.63) is 89.2 Å². The number of rotatable bonds is 11. The monoisotopic (exact) mass is 510 g/mol. The van der Waals surface area contributed by atoms with Crippen molar-refractivity contribution in [3.8, 4) is 11.5 Å². The van der Waals surface area contributed by atoms with Gasteiger partial charge in [-0.2, -0.15) is 8.78 Å². The molecule has 35 heavy (non-hydrogen) atoms. The molecule has 0 unspecified atom stereocenters. The van der Waals surface area contributed by atoms with Crippen LogP contribution in [0.4, 0.5) is 18.9 Å². The molecule has 0 aliphatic carbocycles. The van der Waals surface area contributed by atoms with Gasteiger partial charge in [0.2, 0.25) is 10.0 Å². The Morgan fingerprint density at radius 3 is 2.20 bits per heavy atom. The highest BCUT2D eigenvalue weighted by Crippen LogP contribution is 2.29. The fourth-order valence-corrected chi connectivity index (χ4v) is 4.02. The Hall–Kier alpha value is -3.28. The first-order chi connectivity index (χ1) is 16.5. The van der Waals surface area contributed by atoms with E-state index in [1.165, 1.54) is 42.5 Å². The molecule has 2 atom stereocenters. The van der Waals surface area contributed by atoms with Crippen LogP contribution in [-0.4, -0.2) is 38.0 Å². The van der Waals surface area contributed by atoms with Crippen LogP contribution in [0.15, 0.2) is 66.7 Å². The third-order valence-electron chi connectivity index (χ3n) is 5.12. The van der Waals surface area contributed by atoms with Gasteiger partial charge in [-0.25, -0.2) is 12.8 Å². The van der Waals surface area contributed by atoms with E-state index >= 15 is 0 Å². The molecular formula is C24H25F3N2O5S. The molecule has 0 aromatic heterocycles. The molecule has 11 heteroatoms. The lowest BCUT2D eigenvalue weighted by atomic mass is 9.98. The first kappa shape index (κ1) is 26.3. The van der Waals surface area contributed by atoms with E-state index in [2.05, 4.69) is 14.8 Å². The first-order valence-corrected chi connectivity index (χ1v) is 12.4. The van der Waals surface area contributed by atoms with Gasteiger partial charge in [0, 0.05) is 12.6 Å². The Morgan fingerprint density at radius 2 is 1.60 bits per heavy atom. The van der Waals surface area contributed by atoms with Gasteiger partial charge >= 0.3 is 6.61 Å². The number of aliphatic hydroxyl groups excluding tert-OH is 1. The van der Waals surface area contributed by atoms with Crippen molar-refractivity contribution < 1.29 is 36.5 Å². The number of anilines is 1. The quantitative estimate of drug-likeness (QED) is 0.289. The summed E-state index contributed by atoms with van der Waals surface area (Å²) in [5.41, 5.74) is 1.80. The van der Waals surface area contributed by atoms with Gasteiger partial charge in [-0.15, -0.1) is 0 Å². The van der Waals surface area contributed by atoms with E-state index in [4.69, 9.17) is 0 Å². The second-order valence-corrected chi connectivity index (χ2v) is 9.65. The van der Waals surface area contributed by atoms with Crippen LogP contribution < -0.4 is 14.8 Å². The topological polar surface area (TPSA) is 108 Å². The second kappa shape index (κ2) is 11.4. The third kappa shape index (κ3) is 8.16. The molecule has 3 aromatic carbocycles. The highest BCUT2D eigenvalue weighted by Gasteiger charge is 2.18. The minimum Gasteiger partial charge on any atom is -0.506 e. The number of aliphatic hydroxyl groups is 1. The molecule has 3 aromatic rings. The minimum absolute atomic E-state index is 0.000633. The fourth-order valence-electron chi connectivity index (χ4n) is 3.46. The van der Waals surface area contributed by atoms with E-state index in [9.17, 15) is 31.8 Å². The molecule has 0 spiro atoms. The Bertz CT molecular complexity index is 1220. The number of hydrogen-bond acceptors (Lipinski definition) is 6. The van der Waals surface area contributed by atoms with E-state index in [-0.39, 0.29) is 35.6 Å². The molecule has 0 heterocycles. The Morgan fingerprint density at radius 1 is 0.971 bits per heavy atom. The molecule has 0 aliphatic rings. The lowest BCUT2D eigenvalue weighted by Gasteiger charge is -2.22. The first-order valence-electron chi connectivity index (χ1n) is 10.5. The molecule has 3 rings (SSSR count). The van der Waals surface area contributed by atoms with Crippen LogP contribution in [0.3, 0.4) is 0 Å². The average molecular weight is 511 g/mol. The maximum atomic E-state index is 13.3. The van der Waals surface area contributed by atoms with Crippen molar-refractivity contribution in [2.75, 3.05) is 17.5 Å². The standard InChI is InChI=1S/C24H25F3N2O5S/c1-35(32,33)29-21-13-17(6-11-22(21)30)23(31)14-28-20(12-15-2-7-18(25)8-3-15)16-4-9-19(10-5-16)34-24(26)27/h2-11,13,20,23-24,28-31H,12,14H2,1H3/t20-,23-/m0/s1. The van der Waals surface area contributed by atoms with Crippen molar-refractivity contribution in [1.29, 1.82) is 0 Å². The lowest BCUT2D eigenvalue weighted by molar-refractivity contribution is -0.0498. The second-order valence-electron chi connectivity index (χ2n) is 7.91. The number of alkyl halides is 2. The van der Waals surface area contributed by atoms with E-state index < -0.39 is 22.7 Å². The zero-order valence-electron chi connectivity index (χ0n) is 18.7. The molecular weight excluding hydrogens is 485 g/mol. The van der Waals surface area contributed by atoms with Crippen molar-refractivity contribution >= 4 is 15.7 Å². The van der Waals surface area contributed by atoms with Gasteiger partial charge in [-0.05, 0) is 59.5 Å². The summed E-state index contributed by atoms with van der Waals surface area (Å²) in [6.45, 7) is -2.92. The summed E-state index contributed by atoms with van der Waals surface area (Å²) in [6, 6.07) is 15.6. The summed E-state index contributed by atoms with van der Waals surface area (Å²) in [6.07, 6.45) is 0.265. The summed E-state index contributed by atoms with van der Waals surface area (Å²) in [5.74, 6) is -0.674. The van der Waals surface area contributed by atoms with Crippen LogP contribution in [0.1, 0.15) is 28.8 Å². The lowest BCUT2D eigenvalue weighted by Crippen LogP contribution is -2.28. The molecule has 0 aliphatic heterocycles. The highest BCUT2D eigenvalue weighted by molar-refractivity contribution is 7.92. The highest BCUT2D eigenvalue weighted by atomic mass is 32.2. The molecule has 4 N–H and O–H groups in total. The number of aromatic hydroxyl groups is 1. The number of sulfonamides is 1. The van der Waals surface area contributed by atoms with Gasteiger partial charge in [-0.1, -0.05) is 30.3 Å². The van der Waals surface area contributed by atoms with Crippen molar-refractivity contribution in [3.63, 3.8) is 0 Å². The molecule has 0 fully saturated rings. The van der Waals surface area contributed by atoms with Crippen LogP contribution >= 0.6 is 0 Å². The minimum atomic E-state index is -3.64. The van der Waals surface area contributed by atoms with E-state index in [1.54, 1.807) is 24.3 Å². The average Bonchev–Trinajstić information content (AvgIpc) is 2.78. The van der Waals surface area contributed by atoms with E-state index in [1.807, 2.05) is 0 Å². The Labute approximate surface area is 201 Å². The van der Waals surface area contributed by atoms with Crippen LogP contribution in [0.25, 0.3) is 0 Å². The van der Waals surface area contributed by atoms with E-state index in [0.29, 0.717) is 17.5 Å². The zero-order chi connectivity index (χ0) is 25.6. The number of benzene rings is 3. The van der Waals surface area contributed by atoms with Crippen molar-refractivity contribution in [1.82, 2.24) is 5.32 Å². The summed E-state index contributed by atoms with van der Waals surface area (Å²) in [7, 11) is -3.64. The van der Waals surface area contributed by atoms with Crippen molar-refractivity contribution in [2.45, 2.75) is 25.2 Å². The summed E-state index contributed by atoms with van der Waals surface area (Å²) < 4.78 is 67.9. The number of hydrogen-bond donors (Lipinski definition) is 4. The van der Waals surface area contributed by atoms with Crippen LogP contribution in [-0.2, 0) is 16.4 Å². The predicted octanol–water partition coefficient (Wildman–Crippen LogP) is 4.11. The van der Waals surface area contributed by atoms with Gasteiger partial charge < -0.3 is 20.3 Å². The normalized spacial score (nSPS) is 13.4. The zero-order valence-corrected chi connectivity index (χ0v) is 19.5. The smallest absolute Gasteiger partial charge is 0.387 e. The maximum Gasteiger partial charge on any atom is 0.387 e. The molecule has 0 saturated carbocycles. The van der Waals surface area contributed by atoms with Gasteiger partial charge in [0.05, 0.1) is 18.0 Å². The largest absolute Gasteiger partial charge is 0.506 e. The molecule has 0 amide bonds. The van der Waals surface area contributed by atoms with Crippen LogP contribution in [0.5, 0.6) is 11.5 Å². The van der Waals surface area contributed by atoms with Crippen molar-refractivity contribution in [2.24, 2.45) is 0 Å². The van der Waals surface area contributed by atoms with Gasteiger partial charge in [0.15, 0.2) is 0 Å². The number of phenols is 1. The third-order valence-corrected chi connectivity index (χ3v) is 5.71. The molecule has 188 valence electrons. The van der Waals surface area contributed by atoms with Gasteiger partial charge in [-0.3, -0.25) is 4.72 Å². The van der Waals surface area contributed by atoms with E-state index in [0.717, 1.165) is 11.8 Å². The number of ether oxygens (including phenoxy) is 1. The predicted molar refractivity (Wildman–Crippen MR) is 125 cm³/mol. The van der Waals surface area contributed by atoms with Crippen LogP contribution in [0.2, 0.25) is 0 Å². The molecule has 0 radical (unpaired) electrons. The maximum absolute atomic E-state index is 13.3. The summed E-state index contributed by atoms with van der Waals surface area (Å²) >= 11 is 0. The summed E-state index contributed by atoms with van der Waals surface area (Å²) in [4.78, 5) is 0. The number of nitrogens with one attached hydrogen (secondary N) is 2. The molecule has 7 nitrogen and oxygen atoms in total. The summed E-state index contributed by atoms with van der Waals surface area (Å²) in [5, 5.41) is 23.8. The number of phenolic OH excluding ortho intramolecular Hbond substituents is 1. The van der Waals surface area contributed by atoms with Crippen LogP contribution in [0, 0.1) is 5.82 Å². The Balaban J connectivity index is 1.78. The fraction of sp³-hybridized carbons (Fsp3) is 0.250. The SMILES string of the molecule is CS(=O)(=O)Nc1cc([C@@H](O)CN[C@@H](Cc2ccc(F)cc2)c2ccc(OC(F)F)cc2)ccc1O.